The molecule has 0 atom stereocenters. The molecule has 0 fully saturated rings. The number of methoxy groups -OCH3 is 1. The van der Waals surface area contributed by atoms with Gasteiger partial charge in [-0.15, -0.1) is 0 Å². The number of alkyl halides is 3. The summed E-state index contributed by atoms with van der Waals surface area (Å²) in [7, 11) is 1.37. The fourth-order valence-corrected chi connectivity index (χ4v) is 3.50. The number of amides is 2. The van der Waals surface area contributed by atoms with E-state index in [4.69, 9.17) is 21.1 Å². The molecule has 38 heavy (non-hydrogen) atoms. The number of anilines is 2. The second-order valence-electron chi connectivity index (χ2n) is 7.57. The van der Waals surface area contributed by atoms with Gasteiger partial charge in [-0.3, -0.25) is 9.59 Å². The van der Waals surface area contributed by atoms with Crippen LogP contribution in [0, 0.1) is 11.3 Å². The highest BCUT2D eigenvalue weighted by atomic mass is 79.9. The van der Waals surface area contributed by atoms with Gasteiger partial charge in [-0.05, 0) is 66.2 Å². The van der Waals surface area contributed by atoms with E-state index in [2.05, 4.69) is 26.6 Å². The molecule has 0 saturated heterocycles. The summed E-state index contributed by atoms with van der Waals surface area (Å²) in [6.07, 6.45) is -3.43. The Kier molecular flexibility index (Phi) is 9.39. The van der Waals surface area contributed by atoms with Crippen molar-refractivity contribution in [3.63, 3.8) is 0 Å². The standard InChI is InChI=1S/C26H18BrClF3N3O4/c1-37-23-11-15(2-9-22(23)38-14-24(35)33-19-6-4-18(27)5-7-19)10-16(13-32)25(36)34-21-12-17(26(29,30)31)3-8-20(21)28/h2-12H,14H2,1H3,(H,33,35)(H,34,36). The van der Waals surface area contributed by atoms with Gasteiger partial charge >= 0.3 is 6.18 Å². The molecule has 12 heteroatoms. The number of benzene rings is 3. The predicted octanol–water partition coefficient (Wildman–Crippen LogP) is 6.69. The third-order valence-corrected chi connectivity index (χ3v) is 5.75. The third kappa shape index (κ3) is 7.74. The van der Waals surface area contributed by atoms with Gasteiger partial charge in [-0.25, -0.2) is 0 Å². The molecule has 3 rings (SSSR count). The molecule has 0 aromatic heterocycles. The lowest BCUT2D eigenvalue weighted by molar-refractivity contribution is -0.137. The molecule has 0 radical (unpaired) electrons. The number of hydrogen-bond acceptors (Lipinski definition) is 5. The summed E-state index contributed by atoms with van der Waals surface area (Å²) in [6, 6.07) is 15.6. The number of ether oxygens (including phenoxy) is 2. The van der Waals surface area contributed by atoms with E-state index in [-0.39, 0.29) is 28.8 Å². The van der Waals surface area contributed by atoms with E-state index in [0.29, 0.717) is 17.3 Å². The molecule has 196 valence electrons. The number of nitrogens with zero attached hydrogens (tertiary/aromatic N) is 1. The lowest BCUT2D eigenvalue weighted by atomic mass is 10.1. The number of hydrogen-bond donors (Lipinski definition) is 2. The van der Waals surface area contributed by atoms with Crippen LogP contribution in [0.25, 0.3) is 6.08 Å². The van der Waals surface area contributed by atoms with E-state index in [0.717, 1.165) is 16.6 Å². The van der Waals surface area contributed by atoms with Crippen molar-refractivity contribution in [2.75, 3.05) is 24.4 Å². The van der Waals surface area contributed by atoms with Gasteiger partial charge in [0.1, 0.15) is 11.6 Å². The Balaban J connectivity index is 1.71. The monoisotopic (exact) mass is 607 g/mol. The number of carbonyl (C=O) groups excluding carboxylic acids is 2. The second-order valence-corrected chi connectivity index (χ2v) is 8.89. The minimum absolute atomic E-state index is 0.129. The third-order valence-electron chi connectivity index (χ3n) is 4.89. The van der Waals surface area contributed by atoms with Gasteiger partial charge in [-0.2, -0.15) is 18.4 Å². The highest BCUT2D eigenvalue weighted by Gasteiger charge is 2.31. The van der Waals surface area contributed by atoms with Crippen molar-refractivity contribution < 1.29 is 32.2 Å². The summed E-state index contributed by atoms with van der Waals surface area (Å²) < 4.78 is 50.7. The fourth-order valence-electron chi connectivity index (χ4n) is 3.07. The number of rotatable bonds is 8. The topological polar surface area (TPSA) is 100 Å². The second kappa shape index (κ2) is 12.5. The molecule has 0 bridgehead atoms. The van der Waals surface area contributed by atoms with Crippen LogP contribution >= 0.6 is 27.5 Å². The van der Waals surface area contributed by atoms with E-state index in [1.807, 2.05) is 0 Å². The van der Waals surface area contributed by atoms with Gasteiger partial charge in [0.2, 0.25) is 0 Å². The van der Waals surface area contributed by atoms with Gasteiger partial charge in [0, 0.05) is 10.2 Å². The molecule has 0 aliphatic heterocycles. The van der Waals surface area contributed by atoms with Crippen LogP contribution < -0.4 is 20.1 Å². The minimum Gasteiger partial charge on any atom is -0.493 e. The van der Waals surface area contributed by atoms with Crippen LogP contribution in [0.4, 0.5) is 24.5 Å². The summed E-state index contributed by atoms with van der Waals surface area (Å²) in [5.41, 5.74) is -0.762. The summed E-state index contributed by atoms with van der Waals surface area (Å²) in [4.78, 5) is 24.8. The Morgan fingerprint density at radius 1 is 1.05 bits per heavy atom. The Labute approximate surface area is 228 Å². The van der Waals surface area contributed by atoms with Crippen LogP contribution in [-0.2, 0) is 15.8 Å². The predicted molar refractivity (Wildman–Crippen MR) is 140 cm³/mol. The highest BCUT2D eigenvalue weighted by Crippen LogP contribution is 2.34. The average Bonchev–Trinajstić information content (AvgIpc) is 2.88. The Bertz CT molecular complexity index is 1420. The van der Waals surface area contributed by atoms with Crippen LogP contribution in [0.5, 0.6) is 11.5 Å². The van der Waals surface area contributed by atoms with E-state index < -0.39 is 29.1 Å². The molecule has 7 nitrogen and oxygen atoms in total. The first-order chi connectivity index (χ1) is 18.0. The molecule has 0 spiro atoms. The van der Waals surface area contributed by atoms with Crippen LogP contribution in [-0.4, -0.2) is 25.5 Å². The molecule has 2 amide bonds. The molecular weight excluding hydrogens is 591 g/mol. The van der Waals surface area contributed by atoms with Crippen molar-refractivity contribution in [1.29, 1.82) is 5.26 Å². The van der Waals surface area contributed by atoms with E-state index >= 15 is 0 Å². The molecule has 0 aliphatic carbocycles. The van der Waals surface area contributed by atoms with E-state index in [1.165, 1.54) is 31.4 Å². The number of halogens is 5. The van der Waals surface area contributed by atoms with Crippen molar-refractivity contribution in [3.8, 4) is 17.6 Å². The van der Waals surface area contributed by atoms with Gasteiger partial charge in [0.15, 0.2) is 18.1 Å². The van der Waals surface area contributed by atoms with E-state index in [9.17, 15) is 28.0 Å². The first-order valence-corrected chi connectivity index (χ1v) is 11.8. The quantitative estimate of drug-likeness (QED) is 0.219. The zero-order valence-electron chi connectivity index (χ0n) is 19.5. The van der Waals surface area contributed by atoms with Gasteiger partial charge in [-0.1, -0.05) is 33.6 Å². The summed E-state index contributed by atoms with van der Waals surface area (Å²) in [6.45, 7) is -0.314. The summed E-state index contributed by atoms with van der Waals surface area (Å²) in [5.74, 6) is -0.921. The number of nitriles is 1. The maximum absolute atomic E-state index is 13.0. The zero-order chi connectivity index (χ0) is 27.9. The van der Waals surface area contributed by atoms with Crippen molar-refractivity contribution in [2.24, 2.45) is 0 Å². The molecule has 3 aromatic carbocycles. The molecule has 0 heterocycles. The van der Waals surface area contributed by atoms with Crippen molar-refractivity contribution >= 4 is 56.8 Å². The highest BCUT2D eigenvalue weighted by molar-refractivity contribution is 9.10. The lowest BCUT2D eigenvalue weighted by Gasteiger charge is -2.12. The number of nitrogens with one attached hydrogen (secondary N) is 2. The van der Waals surface area contributed by atoms with Crippen LogP contribution in [0.1, 0.15) is 11.1 Å². The molecular formula is C26H18BrClF3N3O4. The first-order valence-electron chi connectivity index (χ1n) is 10.7. The first kappa shape index (κ1) is 28.6. The van der Waals surface area contributed by atoms with Gasteiger partial charge < -0.3 is 20.1 Å². The van der Waals surface area contributed by atoms with Crippen molar-refractivity contribution in [3.05, 3.63) is 86.9 Å². The normalized spacial score (nSPS) is 11.3. The van der Waals surface area contributed by atoms with Crippen molar-refractivity contribution in [2.45, 2.75) is 6.18 Å². The van der Waals surface area contributed by atoms with Gasteiger partial charge in [0.05, 0.1) is 23.4 Å². The molecule has 0 saturated carbocycles. The van der Waals surface area contributed by atoms with Crippen LogP contribution in [0.2, 0.25) is 5.02 Å². The number of carbonyl (C=O) groups is 2. The minimum atomic E-state index is -4.64. The average molecular weight is 609 g/mol. The van der Waals surface area contributed by atoms with Gasteiger partial charge in [0.25, 0.3) is 11.8 Å². The van der Waals surface area contributed by atoms with Crippen LogP contribution in [0.3, 0.4) is 0 Å². The Morgan fingerprint density at radius 3 is 2.39 bits per heavy atom. The van der Waals surface area contributed by atoms with Crippen molar-refractivity contribution in [1.82, 2.24) is 0 Å². The smallest absolute Gasteiger partial charge is 0.416 e. The summed E-state index contributed by atoms with van der Waals surface area (Å²) in [5, 5.41) is 14.2. The lowest BCUT2D eigenvalue weighted by Crippen LogP contribution is -2.20. The zero-order valence-corrected chi connectivity index (χ0v) is 21.9. The molecule has 2 N–H and O–H groups in total. The SMILES string of the molecule is COc1cc(C=C(C#N)C(=O)Nc2cc(C(F)(F)F)ccc2Cl)ccc1OCC(=O)Nc1ccc(Br)cc1. The molecule has 0 aliphatic rings. The van der Waals surface area contributed by atoms with Crippen LogP contribution in [0.15, 0.2) is 70.7 Å². The summed E-state index contributed by atoms with van der Waals surface area (Å²) >= 11 is 9.22. The molecule has 3 aromatic rings. The fraction of sp³-hybridized carbons (Fsp3) is 0.115. The maximum Gasteiger partial charge on any atom is 0.416 e. The molecule has 0 unspecified atom stereocenters. The largest absolute Gasteiger partial charge is 0.493 e. The Hall–Kier alpha value is -4.01. The Morgan fingerprint density at radius 2 is 1.76 bits per heavy atom. The maximum atomic E-state index is 13.0. The van der Waals surface area contributed by atoms with E-state index in [1.54, 1.807) is 30.3 Å².